The molecule has 1 amide bonds. The van der Waals surface area contributed by atoms with Crippen molar-refractivity contribution >= 4 is 17.4 Å². The minimum Gasteiger partial charge on any atom is -0.481 e. The fourth-order valence-electron chi connectivity index (χ4n) is 2.87. The molecule has 0 saturated carbocycles. The Bertz CT molecular complexity index is 996. The van der Waals surface area contributed by atoms with Gasteiger partial charge in [0.05, 0.1) is 5.69 Å². The Labute approximate surface area is 165 Å². The second-order valence-electron chi connectivity index (χ2n) is 6.69. The normalized spacial score (nSPS) is 11.5. The lowest BCUT2D eigenvalue weighted by Gasteiger charge is -2.18. The molecule has 0 aromatic heterocycles. The first-order valence-corrected chi connectivity index (χ1v) is 9.20. The summed E-state index contributed by atoms with van der Waals surface area (Å²) < 4.78 is 5.85. The molecule has 142 valence electrons. The van der Waals surface area contributed by atoms with Crippen LogP contribution < -0.4 is 10.1 Å². The van der Waals surface area contributed by atoms with Crippen molar-refractivity contribution in [1.82, 2.24) is 0 Å². The number of amides is 1. The van der Waals surface area contributed by atoms with E-state index in [1.807, 2.05) is 50.2 Å². The number of hydrogen-bond acceptors (Lipinski definition) is 3. The molecule has 1 N–H and O–H groups in total. The molecule has 3 aromatic rings. The highest BCUT2D eigenvalue weighted by molar-refractivity contribution is 6.14. The minimum atomic E-state index is -0.708. The van der Waals surface area contributed by atoms with E-state index in [1.54, 1.807) is 43.3 Å². The van der Waals surface area contributed by atoms with E-state index in [1.165, 1.54) is 0 Å². The highest BCUT2D eigenvalue weighted by Crippen LogP contribution is 2.23. The van der Waals surface area contributed by atoms with Gasteiger partial charge in [-0.05, 0) is 50.1 Å². The third-order valence-corrected chi connectivity index (χ3v) is 4.69. The van der Waals surface area contributed by atoms with Crippen molar-refractivity contribution in [3.8, 4) is 5.75 Å². The van der Waals surface area contributed by atoms with Crippen molar-refractivity contribution in [2.75, 3.05) is 5.32 Å². The van der Waals surface area contributed by atoms with Crippen molar-refractivity contribution < 1.29 is 14.3 Å². The Morgan fingerprint density at radius 2 is 1.54 bits per heavy atom. The van der Waals surface area contributed by atoms with Crippen molar-refractivity contribution in [2.45, 2.75) is 26.9 Å². The third-order valence-electron chi connectivity index (χ3n) is 4.69. The largest absolute Gasteiger partial charge is 0.481 e. The molecule has 3 aromatic carbocycles. The Balaban J connectivity index is 1.77. The van der Waals surface area contributed by atoms with Crippen LogP contribution in [0.25, 0.3) is 0 Å². The number of carbonyl (C=O) groups is 2. The highest BCUT2D eigenvalue weighted by Gasteiger charge is 2.19. The summed E-state index contributed by atoms with van der Waals surface area (Å²) in [6, 6.07) is 21.7. The van der Waals surface area contributed by atoms with Crippen molar-refractivity contribution in [2.24, 2.45) is 0 Å². The molecule has 0 saturated heterocycles. The van der Waals surface area contributed by atoms with E-state index >= 15 is 0 Å². The van der Waals surface area contributed by atoms with Gasteiger partial charge in [0.2, 0.25) is 0 Å². The number of para-hydroxylation sites is 1. The van der Waals surface area contributed by atoms with Gasteiger partial charge in [-0.3, -0.25) is 9.59 Å². The molecule has 0 aliphatic heterocycles. The van der Waals surface area contributed by atoms with Crippen LogP contribution in [0.5, 0.6) is 5.75 Å². The summed E-state index contributed by atoms with van der Waals surface area (Å²) in [4.78, 5) is 25.5. The van der Waals surface area contributed by atoms with E-state index in [-0.39, 0.29) is 11.7 Å². The topological polar surface area (TPSA) is 55.4 Å². The van der Waals surface area contributed by atoms with Gasteiger partial charge in [-0.1, -0.05) is 54.6 Å². The van der Waals surface area contributed by atoms with Gasteiger partial charge in [-0.25, -0.2) is 0 Å². The van der Waals surface area contributed by atoms with E-state index < -0.39 is 6.10 Å². The summed E-state index contributed by atoms with van der Waals surface area (Å²) in [6.07, 6.45) is -0.708. The number of rotatable bonds is 6. The standard InChI is InChI=1S/C24H23NO3/c1-16-10-9-15-22(17(16)2)28-18(3)24(27)25-21-14-8-7-13-20(21)23(26)19-11-5-4-6-12-19/h4-15,18H,1-3H3,(H,25,27)/t18-/m1/s1. The van der Waals surface area contributed by atoms with E-state index in [9.17, 15) is 9.59 Å². The third kappa shape index (κ3) is 4.29. The lowest BCUT2D eigenvalue weighted by Crippen LogP contribution is -2.31. The number of benzene rings is 3. The van der Waals surface area contributed by atoms with Gasteiger partial charge >= 0.3 is 0 Å². The Morgan fingerprint density at radius 3 is 2.29 bits per heavy atom. The molecule has 0 bridgehead atoms. The van der Waals surface area contributed by atoms with Gasteiger partial charge in [-0.2, -0.15) is 0 Å². The maximum Gasteiger partial charge on any atom is 0.265 e. The predicted octanol–water partition coefficient (Wildman–Crippen LogP) is 4.94. The van der Waals surface area contributed by atoms with Gasteiger partial charge < -0.3 is 10.1 Å². The summed E-state index contributed by atoms with van der Waals surface area (Å²) >= 11 is 0. The maximum atomic E-state index is 12.8. The molecule has 0 aliphatic rings. The van der Waals surface area contributed by atoms with Crippen LogP contribution in [0.1, 0.15) is 34.0 Å². The van der Waals surface area contributed by atoms with Crippen LogP contribution in [0.3, 0.4) is 0 Å². The Morgan fingerprint density at radius 1 is 0.857 bits per heavy atom. The molecule has 3 rings (SSSR count). The van der Waals surface area contributed by atoms with Crippen molar-refractivity contribution in [1.29, 1.82) is 0 Å². The molecule has 4 heteroatoms. The fraction of sp³-hybridized carbons (Fsp3) is 0.167. The number of ketones is 1. The quantitative estimate of drug-likeness (QED) is 0.623. The first-order valence-electron chi connectivity index (χ1n) is 9.20. The van der Waals surface area contributed by atoms with Gasteiger partial charge in [0.1, 0.15) is 5.75 Å². The summed E-state index contributed by atoms with van der Waals surface area (Å²) in [6.45, 7) is 5.65. The first-order chi connectivity index (χ1) is 13.5. The molecule has 0 spiro atoms. The van der Waals surface area contributed by atoms with Crippen molar-refractivity contribution in [3.63, 3.8) is 0 Å². The van der Waals surface area contributed by atoms with Crippen LogP contribution in [0.2, 0.25) is 0 Å². The minimum absolute atomic E-state index is 0.139. The van der Waals surface area contributed by atoms with Crippen LogP contribution in [-0.4, -0.2) is 17.8 Å². The second kappa shape index (κ2) is 8.53. The van der Waals surface area contributed by atoms with Crippen LogP contribution >= 0.6 is 0 Å². The molecular formula is C24H23NO3. The van der Waals surface area contributed by atoms with Gasteiger partial charge in [0.25, 0.3) is 5.91 Å². The zero-order chi connectivity index (χ0) is 20.1. The van der Waals surface area contributed by atoms with Gasteiger partial charge in [0.15, 0.2) is 11.9 Å². The van der Waals surface area contributed by atoms with Crippen LogP contribution in [-0.2, 0) is 4.79 Å². The van der Waals surface area contributed by atoms with Gasteiger partial charge in [-0.15, -0.1) is 0 Å². The summed E-state index contributed by atoms with van der Waals surface area (Å²) in [5.41, 5.74) is 3.59. The van der Waals surface area contributed by atoms with Crippen LogP contribution in [0.15, 0.2) is 72.8 Å². The molecule has 0 unspecified atom stereocenters. The number of ether oxygens (including phenoxy) is 1. The smallest absolute Gasteiger partial charge is 0.265 e. The first kappa shape index (κ1) is 19.4. The number of anilines is 1. The maximum absolute atomic E-state index is 12.8. The Hall–Kier alpha value is -3.40. The number of aryl methyl sites for hydroxylation is 1. The van der Waals surface area contributed by atoms with E-state index in [0.29, 0.717) is 22.6 Å². The molecule has 4 nitrogen and oxygen atoms in total. The lowest BCUT2D eigenvalue weighted by atomic mass is 10.0. The van der Waals surface area contributed by atoms with Crippen LogP contribution in [0, 0.1) is 13.8 Å². The average Bonchev–Trinajstić information content (AvgIpc) is 2.72. The molecule has 0 aliphatic carbocycles. The molecule has 0 radical (unpaired) electrons. The predicted molar refractivity (Wildman–Crippen MR) is 111 cm³/mol. The Kier molecular flexibility index (Phi) is 5.90. The summed E-state index contributed by atoms with van der Waals surface area (Å²) in [5, 5.41) is 2.83. The zero-order valence-electron chi connectivity index (χ0n) is 16.2. The lowest BCUT2D eigenvalue weighted by molar-refractivity contribution is -0.122. The molecule has 0 fully saturated rings. The monoisotopic (exact) mass is 373 g/mol. The summed E-state index contributed by atoms with van der Waals surface area (Å²) in [5.74, 6) is 0.227. The highest BCUT2D eigenvalue weighted by atomic mass is 16.5. The van der Waals surface area contributed by atoms with E-state index in [2.05, 4.69) is 5.32 Å². The number of hydrogen-bond donors (Lipinski definition) is 1. The zero-order valence-corrected chi connectivity index (χ0v) is 16.2. The molecular weight excluding hydrogens is 350 g/mol. The second-order valence-corrected chi connectivity index (χ2v) is 6.69. The number of nitrogens with one attached hydrogen (secondary N) is 1. The average molecular weight is 373 g/mol. The molecule has 0 heterocycles. The van der Waals surface area contributed by atoms with E-state index in [0.717, 1.165) is 11.1 Å². The fourth-order valence-corrected chi connectivity index (χ4v) is 2.87. The van der Waals surface area contributed by atoms with Crippen molar-refractivity contribution in [3.05, 3.63) is 95.1 Å². The SMILES string of the molecule is Cc1cccc(O[C@H](C)C(=O)Nc2ccccc2C(=O)c2ccccc2)c1C. The molecule has 28 heavy (non-hydrogen) atoms. The van der Waals surface area contributed by atoms with Gasteiger partial charge in [0, 0.05) is 11.1 Å². The van der Waals surface area contributed by atoms with E-state index in [4.69, 9.17) is 4.74 Å². The summed E-state index contributed by atoms with van der Waals surface area (Å²) in [7, 11) is 0. The number of carbonyl (C=O) groups excluding carboxylic acids is 2. The van der Waals surface area contributed by atoms with Crippen LogP contribution in [0.4, 0.5) is 5.69 Å². The molecule has 1 atom stereocenters.